The Labute approximate surface area is 50.3 Å². The van der Waals surface area contributed by atoms with E-state index in [2.05, 4.69) is 9.72 Å². The summed E-state index contributed by atoms with van der Waals surface area (Å²) >= 11 is 1.08. The molecule has 0 radical (unpaired) electrons. The SMILES string of the molecule is O=C(O)C1CONS1. The van der Waals surface area contributed by atoms with Crippen molar-refractivity contribution in [3.8, 4) is 0 Å². The molecule has 1 unspecified atom stereocenters. The predicted molar refractivity (Wildman–Crippen MR) is 28.1 cm³/mol. The van der Waals surface area contributed by atoms with Crippen molar-refractivity contribution in [1.29, 1.82) is 0 Å². The minimum absolute atomic E-state index is 0.250. The first-order valence-corrected chi connectivity index (χ1v) is 2.94. The summed E-state index contributed by atoms with van der Waals surface area (Å²) in [6, 6.07) is 0. The van der Waals surface area contributed by atoms with Gasteiger partial charge < -0.3 is 5.11 Å². The largest absolute Gasteiger partial charge is 0.480 e. The number of hydrogen-bond donors (Lipinski definition) is 2. The van der Waals surface area contributed by atoms with Crippen LogP contribution in [0.15, 0.2) is 0 Å². The van der Waals surface area contributed by atoms with E-state index >= 15 is 0 Å². The Balaban J connectivity index is 2.35. The molecule has 0 aromatic rings. The fourth-order valence-electron chi connectivity index (χ4n) is 0.358. The maximum absolute atomic E-state index is 10.1. The Morgan fingerprint density at radius 2 is 2.75 bits per heavy atom. The van der Waals surface area contributed by atoms with E-state index < -0.39 is 11.2 Å². The number of carboxylic acid groups (broad SMARTS) is 1. The van der Waals surface area contributed by atoms with Gasteiger partial charge >= 0.3 is 5.97 Å². The first kappa shape index (κ1) is 5.87. The summed E-state index contributed by atoms with van der Waals surface area (Å²) in [7, 11) is 0. The Hall–Kier alpha value is -0.260. The number of rotatable bonds is 1. The minimum Gasteiger partial charge on any atom is -0.480 e. The molecule has 5 heteroatoms. The summed E-state index contributed by atoms with van der Waals surface area (Å²) in [5, 5.41) is 7.84. The third-order valence-electron chi connectivity index (χ3n) is 0.759. The van der Waals surface area contributed by atoms with Gasteiger partial charge in [0.1, 0.15) is 5.25 Å². The van der Waals surface area contributed by atoms with Crippen LogP contribution in [0.3, 0.4) is 0 Å². The number of hydrogen-bond acceptors (Lipinski definition) is 4. The summed E-state index contributed by atoms with van der Waals surface area (Å²) < 4.78 is 0. The lowest BCUT2D eigenvalue weighted by atomic mass is 10.5. The van der Waals surface area contributed by atoms with Crippen molar-refractivity contribution in [3.05, 3.63) is 0 Å². The maximum atomic E-state index is 10.1. The molecular formula is C3H5NO3S. The lowest BCUT2D eigenvalue weighted by Crippen LogP contribution is -2.16. The van der Waals surface area contributed by atoms with Crippen molar-refractivity contribution in [2.24, 2.45) is 0 Å². The van der Waals surface area contributed by atoms with E-state index in [4.69, 9.17) is 5.11 Å². The van der Waals surface area contributed by atoms with Gasteiger partial charge in [-0.1, -0.05) is 0 Å². The standard InChI is InChI=1S/C3H5NO3S/c5-3(6)2-1-7-4-8-2/h2,4H,1H2,(H,5,6). The van der Waals surface area contributed by atoms with Crippen LogP contribution in [-0.4, -0.2) is 22.9 Å². The molecule has 1 atom stereocenters. The third-order valence-corrected chi connectivity index (χ3v) is 1.60. The van der Waals surface area contributed by atoms with Gasteiger partial charge in [0.2, 0.25) is 0 Å². The molecular weight excluding hydrogens is 130 g/mol. The van der Waals surface area contributed by atoms with Crippen LogP contribution in [0, 0.1) is 0 Å². The van der Waals surface area contributed by atoms with Crippen molar-refractivity contribution in [2.45, 2.75) is 5.25 Å². The second-order valence-electron chi connectivity index (χ2n) is 1.34. The van der Waals surface area contributed by atoms with Gasteiger partial charge in [-0.3, -0.25) is 9.63 Å². The fraction of sp³-hybridized carbons (Fsp3) is 0.667. The molecule has 1 aliphatic heterocycles. The van der Waals surface area contributed by atoms with E-state index in [0.29, 0.717) is 0 Å². The molecule has 1 saturated heterocycles. The normalized spacial score (nSPS) is 28.2. The summed E-state index contributed by atoms with van der Waals surface area (Å²) in [6.45, 7) is 0.250. The van der Waals surface area contributed by atoms with Crippen molar-refractivity contribution in [2.75, 3.05) is 6.61 Å². The zero-order valence-corrected chi connectivity index (χ0v) is 4.77. The molecule has 1 fully saturated rings. The number of nitrogens with one attached hydrogen (secondary N) is 1. The van der Waals surface area contributed by atoms with Gasteiger partial charge in [-0.25, -0.2) is 0 Å². The van der Waals surface area contributed by atoms with Gasteiger partial charge in [-0.15, -0.1) is 4.89 Å². The highest BCUT2D eigenvalue weighted by Gasteiger charge is 2.23. The summed E-state index contributed by atoms with van der Waals surface area (Å²) in [5.41, 5.74) is 0. The first-order chi connectivity index (χ1) is 3.80. The second kappa shape index (κ2) is 2.34. The van der Waals surface area contributed by atoms with Crippen LogP contribution in [0.2, 0.25) is 0 Å². The van der Waals surface area contributed by atoms with E-state index in [-0.39, 0.29) is 6.61 Å². The quantitative estimate of drug-likeness (QED) is 0.480. The average Bonchev–Trinajstić information content (AvgIpc) is 2.12. The molecule has 4 nitrogen and oxygen atoms in total. The van der Waals surface area contributed by atoms with Crippen molar-refractivity contribution >= 4 is 17.9 Å². The van der Waals surface area contributed by atoms with Gasteiger partial charge in [0.15, 0.2) is 0 Å². The lowest BCUT2D eigenvalue weighted by molar-refractivity contribution is -0.137. The van der Waals surface area contributed by atoms with Crippen LogP contribution in [0.1, 0.15) is 0 Å². The van der Waals surface area contributed by atoms with E-state index in [1.165, 1.54) is 0 Å². The van der Waals surface area contributed by atoms with Gasteiger partial charge in [-0.05, 0) is 11.9 Å². The smallest absolute Gasteiger partial charge is 0.320 e. The summed E-state index contributed by atoms with van der Waals surface area (Å²) in [6.07, 6.45) is 0. The first-order valence-electron chi connectivity index (χ1n) is 2.06. The van der Waals surface area contributed by atoms with Crippen LogP contribution in [0.25, 0.3) is 0 Å². The molecule has 8 heavy (non-hydrogen) atoms. The Kier molecular flexibility index (Phi) is 1.72. The highest BCUT2D eigenvalue weighted by atomic mass is 32.2. The molecule has 46 valence electrons. The van der Waals surface area contributed by atoms with Gasteiger partial charge in [0.25, 0.3) is 0 Å². The number of carbonyl (C=O) groups is 1. The molecule has 2 N–H and O–H groups in total. The van der Waals surface area contributed by atoms with E-state index in [1.54, 1.807) is 0 Å². The number of aliphatic carboxylic acids is 1. The molecule has 0 saturated carbocycles. The average molecular weight is 135 g/mol. The molecule has 0 aliphatic carbocycles. The highest BCUT2D eigenvalue weighted by molar-refractivity contribution is 7.98. The monoisotopic (exact) mass is 135 g/mol. The van der Waals surface area contributed by atoms with Crippen molar-refractivity contribution < 1.29 is 14.7 Å². The van der Waals surface area contributed by atoms with Crippen LogP contribution < -0.4 is 4.89 Å². The predicted octanol–water partition coefficient (Wildman–Crippen LogP) is -0.377. The lowest BCUT2D eigenvalue weighted by Gasteiger charge is -1.92. The molecule has 0 aromatic heterocycles. The van der Waals surface area contributed by atoms with Crippen LogP contribution in [-0.2, 0) is 9.63 Å². The van der Waals surface area contributed by atoms with Crippen molar-refractivity contribution in [1.82, 2.24) is 4.89 Å². The molecule has 0 amide bonds. The maximum Gasteiger partial charge on any atom is 0.320 e. The topological polar surface area (TPSA) is 58.6 Å². The molecule has 1 heterocycles. The van der Waals surface area contributed by atoms with Gasteiger partial charge in [0, 0.05) is 0 Å². The fourth-order valence-corrected chi connectivity index (χ4v) is 0.847. The van der Waals surface area contributed by atoms with Crippen molar-refractivity contribution in [3.63, 3.8) is 0 Å². The zero-order chi connectivity index (χ0) is 5.98. The zero-order valence-electron chi connectivity index (χ0n) is 3.96. The third kappa shape index (κ3) is 1.12. The van der Waals surface area contributed by atoms with E-state index in [1.807, 2.05) is 0 Å². The van der Waals surface area contributed by atoms with Crippen LogP contribution in [0.5, 0.6) is 0 Å². The molecule has 0 aromatic carbocycles. The second-order valence-corrected chi connectivity index (χ2v) is 2.31. The Bertz CT molecular complexity index is 101. The van der Waals surface area contributed by atoms with E-state index in [9.17, 15) is 4.79 Å². The molecule has 0 bridgehead atoms. The summed E-state index contributed by atoms with van der Waals surface area (Å²) in [5.74, 6) is -0.833. The molecule has 0 spiro atoms. The Morgan fingerprint density at radius 3 is 3.00 bits per heavy atom. The minimum atomic E-state index is -0.833. The van der Waals surface area contributed by atoms with Crippen LogP contribution in [0.4, 0.5) is 0 Å². The van der Waals surface area contributed by atoms with Gasteiger partial charge in [0.05, 0.1) is 6.61 Å². The van der Waals surface area contributed by atoms with Gasteiger partial charge in [-0.2, -0.15) is 0 Å². The molecule has 1 rings (SSSR count). The Morgan fingerprint density at radius 1 is 2.00 bits per heavy atom. The summed E-state index contributed by atoms with van der Waals surface area (Å²) in [4.78, 5) is 17.0. The van der Waals surface area contributed by atoms with E-state index in [0.717, 1.165) is 11.9 Å². The molecule has 1 aliphatic rings. The number of carboxylic acids is 1. The van der Waals surface area contributed by atoms with Crippen LogP contribution >= 0.6 is 11.9 Å². The highest BCUT2D eigenvalue weighted by Crippen LogP contribution is 2.12.